The molecule has 0 saturated heterocycles. The normalized spacial score (nSPS) is 12.6. The van der Waals surface area contributed by atoms with Crippen LogP contribution in [0.25, 0.3) is 0 Å². The Morgan fingerprint density at radius 2 is 1.80 bits per heavy atom. The summed E-state index contributed by atoms with van der Waals surface area (Å²) < 4.78 is 15.9. The summed E-state index contributed by atoms with van der Waals surface area (Å²) in [7, 11) is 1.67. The molecule has 4 heteroatoms. The molecule has 0 aliphatic carbocycles. The summed E-state index contributed by atoms with van der Waals surface area (Å²) in [6, 6.07) is 6.28. The highest BCUT2D eigenvalue weighted by Gasteiger charge is 2.09. The Morgan fingerprint density at radius 3 is 2.55 bits per heavy atom. The van der Waals surface area contributed by atoms with Crippen LogP contribution in [0, 0.1) is 13.8 Å². The van der Waals surface area contributed by atoms with Crippen LogP contribution < -0.4 is 5.73 Å². The highest BCUT2D eigenvalue weighted by molar-refractivity contribution is 5.32. The van der Waals surface area contributed by atoms with Gasteiger partial charge in [-0.2, -0.15) is 0 Å². The van der Waals surface area contributed by atoms with E-state index in [1.807, 2.05) is 0 Å². The second-order valence-electron chi connectivity index (χ2n) is 5.00. The summed E-state index contributed by atoms with van der Waals surface area (Å²) in [4.78, 5) is 0. The molecule has 1 aromatic rings. The first kappa shape index (κ1) is 17.1. The zero-order chi connectivity index (χ0) is 14.8. The molecular weight excluding hydrogens is 254 g/mol. The monoisotopic (exact) mass is 281 g/mol. The molecule has 0 bridgehead atoms. The molecule has 0 aliphatic rings. The maximum atomic E-state index is 6.17. The number of hydrogen-bond acceptors (Lipinski definition) is 4. The van der Waals surface area contributed by atoms with Crippen molar-refractivity contribution in [1.82, 2.24) is 0 Å². The van der Waals surface area contributed by atoms with E-state index < -0.39 is 0 Å². The van der Waals surface area contributed by atoms with Crippen LogP contribution >= 0.6 is 0 Å². The molecule has 1 rings (SSSR count). The Labute approximate surface area is 122 Å². The van der Waals surface area contributed by atoms with Gasteiger partial charge >= 0.3 is 0 Å². The summed E-state index contributed by atoms with van der Waals surface area (Å²) >= 11 is 0. The molecule has 0 heterocycles. The average molecular weight is 281 g/mol. The summed E-state index contributed by atoms with van der Waals surface area (Å²) in [5, 5.41) is 0. The number of ether oxygens (including phenoxy) is 3. The van der Waals surface area contributed by atoms with E-state index in [1.165, 1.54) is 16.7 Å². The van der Waals surface area contributed by atoms with Gasteiger partial charge in [-0.05, 0) is 31.4 Å². The maximum absolute atomic E-state index is 6.17. The predicted molar refractivity (Wildman–Crippen MR) is 81.0 cm³/mol. The van der Waals surface area contributed by atoms with Crippen molar-refractivity contribution in [3.63, 3.8) is 0 Å². The van der Waals surface area contributed by atoms with Gasteiger partial charge in [-0.1, -0.05) is 23.8 Å². The summed E-state index contributed by atoms with van der Waals surface area (Å²) in [6.07, 6.45) is 0.878. The van der Waals surface area contributed by atoms with E-state index in [4.69, 9.17) is 19.9 Å². The van der Waals surface area contributed by atoms with Crippen LogP contribution in [0.2, 0.25) is 0 Å². The molecule has 0 aliphatic heterocycles. The Hall–Kier alpha value is -0.940. The van der Waals surface area contributed by atoms with Gasteiger partial charge in [0.25, 0.3) is 0 Å². The number of nitrogens with two attached hydrogens (primary N) is 1. The van der Waals surface area contributed by atoms with Gasteiger partial charge in [-0.15, -0.1) is 0 Å². The van der Waals surface area contributed by atoms with Crippen LogP contribution in [-0.4, -0.2) is 40.1 Å². The number of rotatable bonds is 10. The third-order valence-corrected chi connectivity index (χ3v) is 3.14. The van der Waals surface area contributed by atoms with Gasteiger partial charge in [0.1, 0.15) is 0 Å². The van der Waals surface area contributed by atoms with Crippen molar-refractivity contribution in [2.24, 2.45) is 5.73 Å². The van der Waals surface area contributed by atoms with Gasteiger partial charge in [-0.25, -0.2) is 0 Å². The van der Waals surface area contributed by atoms with Crippen LogP contribution in [0.5, 0.6) is 0 Å². The Kier molecular flexibility index (Phi) is 8.46. The first-order valence-electron chi connectivity index (χ1n) is 7.12. The molecule has 0 spiro atoms. The zero-order valence-corrected chi connectivity index (χ0v) is 12.9. The van der Waals surface area contributed by atoms with Gasteiger partial charge in [-0.3, -0.25) is 0 Å². The molecule has 2 N–H and O–H groups in total. The lowest BCUT2D eigenvalue weighted by Crippen LogP contribution is -2.19. The van der Waals surface area contributed by atoms with Crippen molar-refractivity contribution in [2.45, 2.75) is 26.3 Å². The largest absolute Gasteiger partial charge is 0.382 e. The van der Waals surface area contributed by atoms with Crippen LogP contribution in [-0.2, 0) is 14.2 Å². The SMILES string of the molecule is COCCOCCCOCC(N)c1cc(C)ccc1C. The van der Waals surface area contributed by atoms with Gasteiger partial charge < -0.3 is 19.9 Å². The molecule has 114 valence electrons. The van der Waals surface area contributed by atoms with Crippen molar-refractivity contribution in [1.29, 1.82) is 0 Å². The Bertz CT molecular complexity index is 382. The molecule has 0 fully saturated rings. The quantitative estimate of drug-likeness (QED) is 0.669. The second-order valence-corrected chi connectivity index (χ2v) is 5.00. The van der Waals surface area contributed by atoms with Crippen molar-refractivity contribution in [3.8, 4) is 0 Å². The summed E-state index contributed by atoms with van der Waals surface area (Å²) in [5.74, 6) is 0. The number of benzene rings is 1. The highest BCUT2D eigenvalue weighted by atomic mass is 16.5. The fourth-order valence-electron chi connectivity index (χ4n) is 1.97. The molecular formula is C16H27NO3. The number of aryl methyl sites for hydroxylation is 2. The van der Waals surface area contributed by atoms with Crippen molar-refractivity contribution >= 4 is 0 Å². The van der Waals surface area contributed by atoms with Crippen LogP contribution in [0.15, 0.2) is 18.2 Å². The molecule has 4 nitrogen and oxygen atoms in total. The van der Waals surface area contributed by atoms with E-state index in [9.17, 15) is 0 Å². The number of methoxy groups -OCH3 is 1. The Morgan fingerprint density at radius 1 is 1.05 bits per heavy atom. The first-order chi connectivity index (χ1) is 9.65. The van der Waals surface area contributed by atoms with E-state index in [0.29, 0.717) is 33.0 Å². The topological polar surface area (TPSA) is 53.7 Å². The van der Waals surface area contributed by atoms with Crippen molar-refractivity contribution < 1.29 is 14.2 Å². The van der Waals surface area contributed by atoms with Crippen LogP contribution in [0.4, 0.5) is 0 Å². The van der Waals surface area contributed by atoms with Crippen LogP contribution in [0.1, 0.15) is 29.2 Å². The standard InChI is InChI=1S/C16H27NO3/c1-13-5-6-14(2)15(11-13)16(17)12-20-8-4-7-19-10-9-18-3/h5-6,11,16H,4,7-10,12,17H2,1-3H3. The lowest BCUT2D eigenvalue weighted by Gasteiger charge is -2.16. The lowest BCUT2D eigenvalue weighted by atomic mass is 10.00. The maximum Gasteiger partial charge on any atom is 0.0700 e. The minimum atomic E-state index is -0.0655. The van der Waals surface area contributed by atoms with Gasteiger partial charge in [0.15, 0.2) is 0 Å². The summed E-state index contributed by atoms with van der Waals surface area (Å²) in [6.45, 7) is 7.35. The molecule has 1 atom stereocenters. The van der Waals surface area contributed by atoms with E-state index in [-0.39, 0.29) is 6.04 Å². The van der Waals surface area contributed by atoms with E-state index in [2.05, 4.69) is 32.0 Å². The molecule has 1 unspecified atom stereocenters. The predicted octanol–water partition coefficient (Wildman–Crippen LogP) is 2.37. The van der Waals surface area contributed by atoms with Crippen molar-refractivity contribution in [2.75, 3.05) is 40.1 Å². The summed E-state index contributed by atoms with van der Waals surface area (Å²) in [5.41, 5.74) is 9.79. The first-order valence-corrected chi connectivity index (χ1v) is 7.12. The molecule has 0 radical (unpaired) electrons. The second kappa shape index (κ2) is 9.88. The fourth-order valence-corrected chi connectivity index (χ4v) is 1.97. The van der Waals surface area contributed by atoms with Gasteiger partial charge in [0.05, 0.1) is 25.9 Å². The van der Waals surface area contributed by atoms with Gasteiger partial charge in [0.2, 0.25) is 0 Å². The highest BCUT2D eigenvalue weighted by Crippen LogP contribution is 2.17. The van der Waals surface area contributed by atoms with E-state index in [1.54, 1.807) is 7.11 Å². The molecule has 0 aromatic heterocycles. The zero-order valence-electron chi connectivity index (χ0n) is 12.9. The van der Waals surface area contributed by atoms with E-state index in [0.717, 1.165) is 6.42 Å². The smallest absolute Gasteiger partial charge is 0.0700 e. The van der Waals surface area contributed by atoms with Gasteiger partial charge in [0, 0.05) is 20.3 Å². The minimum absolute atomic E-state index is 0.0655. The average Bonchev–Trinajstić information content (AvgIpc) is 2.44. The third-order valence-electron chi connectivity index (χ3n) is 3.14. The van der Waals surface area contributed by atoms with Crippen LogP contribution in [0.3, 0.4) is 0 Å². The van der Waals surface area contributed by atoms with E-state index >= 15 is 0 Å². The van der Waals surface area contributed by atoms with Crippen molar-refractivity contribution in [3.05, 3.63) is 34.9 Å². The molecule has 0 saturated carbocycles. The molecule has 1 aromatic carbocycles. The third kappa shape index (κ3) is 6.48. The molecule has 0 amide bonds. The lowest BCUT2D eigenvalue weighted by molar-refractivity contribution is 0.0491. The number of hydrogen-bond donors (Lipinski definition) is 1. The Balaban J connectivity index is 2.17. The minimum Gasteiger partial charge on any atom is -0.382 e. The molecule has 20 heavy (non-hydrogen) atoms. The fraction of sp³-hybridized carbons (Fsp3) is 0.625.